The van der Waals surface area contributed by atoms with Gasteiger partial charge in [0.25, 0.3) is 10.0 Å². The molecule has 3 aromatic heterocycles. The summed E-state index contributed by atoms with van der Waals surface area (Å²) < 4.78 is 55.3. The van der Waals surface area contributed by atoms with E-state index in [2.05, 4.69) is 25.0 Å². The number of carbonyl (C=O) groups is 1. The zero-order valence-electron chi connectivity index (χ0n) is 22.3. The van der Waals surface area contributed by atoms with Crippen LogP contribution in [-0.4, -0.2) is 58.3 Å². The second-order valence-electron chi connectivity index (χ2n) is 10.7. The minimum atomic E-state index is -4.45. The number of halogens is 3. The third-order valence-corrected chi connectivity index (χ3v) is 8.20. The molecule has 0 aliphatic carbocycles. The van der Waals surface area contributed by atoms with Crippen LogP contribution < -0.4 is 10.0 Å². The number of aromatic nitrogens is 4. The molecule has 214 valence electrons. The Balaban J connectivity index is 1.42. The first-order valence-electron chi connectivity index (χ1n) is 12.6. The topological polar surface area (TPSA) is 130 Å². The van der Waals surface area contributed by atoms with Gasteiger partial charge in [0.2, 0.25) is 5.91 Å². The number of benzene rings is 1. The first kappa shape index (κ1) is 28.6. The Morgan fingerprint density at radius 2 is 1.88 bits per heavy atom. The molecule has 41 heavy (non-hydrogen) atoms. The summed E-state index contributed by atoms with van der Waals surface area (Å²) in [4.78, 5) is 31.2. The number of likely N-dealkylation sites (tertiary alicyclic amines) is 1. The van der Waals surface area contributed by atoms with E-state index in [1.807, 2.05) is 25.7 Å². The van der Waals surface area contributed by atoms with Crippen molar-refractivity contribution >= 4 is 50.1 Å². The molecular weight excluding hydrogens is 576 g/mol. The van der Waals surface area contributed by atoms with Gasteiger partial charge >= 0.3 is 0 Å². The molecule has 1 saturated heterocycles. The second-order valence-corrected chi connectivity index (χ2v) is 12.7. The smallest absolute Gasteiger partial charge is 0.264 e. The maximum atomic E-state index is 14.2. The van der Waals surface area contributed by atoms with Gasteiger partial charge in [-0.25, -0.2) is 37.1 Å². The molecule has 1 atom stereocenters. The number of sulfonamides is 1. The van der Waals surface area contributed by atoms with E-state index in [0.717, 1.165) is 18.6 Å². The molecule has 1 amide bonds. The zero-order chi connectivity index (χ0) is 29.5. The van der Waals surface area contributed by atoms with Crippen molar-refractivity contribution in [2.75, 3.05) is 23.1 Å². The van der Waals surface area contributed by atoms with E-state index in [0.29, 0.717) is 47.3 Å². The van der Waals surface area contributed by atoms with Crippen LogP contribution >= 0.6 is 11.6 Å². The van der Waals surface area contributed by atoms with Gasteiger partial charge in [-0.2, -0.15) is 0 Å². The summed E-state index contributed by atoms with van der Waals surface area (Å²) in [7, 11) is -4.45. The highest BCUT2D eigenvalue weighted by atomic mass is 35.5. The van der Waals surface area contributed by atoms with E-state index in [1.165, 1.54) is 18.6 Å². The molecule has 14 heteroatoms. The molecule has 0 spiro atoms. The molecule has 4 heterocycles. The van der Waals surface area contributed by atoms with Crippen molar-refractivity contribution in [2.45, 2.75) is 38.1 Å². The van der Waals surface area contributed by atoms with E-state index < -0.39 is 32.0 Å². The summed E-state index contributed by atoms with van der Waals surface area (Å²) in [6.07, 6.45) is 3.58. The number of amides is 1. The third kappa shape index (κ3) is 6.05. The Morgan fingerprint density at radius 1 is 1.10 bits per heavy atom. The number of hydrogen-bond donors (Lipinski definition) is 2. The quantitative estimate of drug-likeness (QED) is 0.299. The van der Waals surface area contributed by atoms with Crippen molar-refractivity contribution in [3.05, 3.63) is 65.7 Å². The Kier molecular flexibility index (Phi) is 7.51. The average Bonchev–Trinajstić information content (AvgIpc) is 3.37. The fourth-order valence-electron chi connectivity index (χ4n) is 4.49. The van der Waals surface area contributed by atoms with Crippen LogP contribution in [0.25, 0.3) is 22.3 Å². The van der Waals surface area contributed by atoms with E-state index in [1.54, 1.807) is 12.1 Å². The molecule has 0 saturated carbocycles. The van der Waals surface area contributed by atoms with E-state index in [-0.39, 0.29) is 22.8 Å². The van der Waals surface area contributed by atoms with Crippen LogP contribution in [-0.2, 0) is 14.8 Å². The Morgan fingerprint density at radius 3 is 2.61 bits per heavy atom. The summed E-state index contributed by atoms with van der Waals surface area (Å²) in [5, 5.41) is 3.20. The van der Waals surface area contributed by atoms with Crippen molar-refractivity contribution in [1.29, 1.82) is 0 Å². The Hall–Kier alpha value is -3.97. The number of carbonyl (C=O) groups excluding carboxylic acids is 1. The standard InChI is InChI=1S/C27H26ClF2N7O3S/c1-27(2,3)26(38)37-9-8-17(13-37)34-25-23-20(32-14-33-25)6-5-19(35-23)15-10-21(24(28)31-12-15)36-41(39,40)22-7-4-16(29)11-18(22)30/h4-7,10-12,14,17,36H,8-9,13H2,1-3H3,(H,32,33,34)/t17-/m0/s1. The molecule has 1 aliphatic heterocycles. The van der Waals surface area contributed by atoms with Gasteiger partial charge in [-0.15, -0.1) is 0 Å². The lowest BCUT2D eigenvalue weighted by Gasteiger charge is -2.25. The fraction of sp³-hybridized carbons (Fsp3) is 0.296. The molecule has 2 N–H and O–H groups in total. The molecule has 10 nitrogen and oxygen atoms in total. The van der Waals surface area contributed by atoms with Crippen LogP contribution in [0.15, 0.2) is 53.8 Å². The van der Waals surface area contributed by atoms with Gasteiger partial charge in [0.1, 0.15) is 28.4 Å². The van der Waals surface area contributed by atoms with E-state index in [4.69, 9.17) is 16.6 Å². The molecule has 1 aromatic carbocycles. The minimum absolute atomic E-state index is 0.0325. The summed E-state index contributed by atoms with van der Waals surface area (Å²) in [6.45, 7) is 6.83. The summed E-state index contributed by atoms with van der Waals surface area (Å²) in [6, 6.07) is 6.93. The first-order valence-corrected chi connectivity index (χ1v) is 14.5. The number of hydrogen-bond acceptors (Lipinski definition) is 8. The molecular formula is C27H26ClF2N7O3S. The SMILES string of the molecule is CC(C)(C)C(=O)N1CC[C@H](Nc2ncnc3ccc(-c4cnc(Cl)c(NS(=O)(=O)c5ccc(F)cc5F)c4)nc23)C1. The van der Waals surface area contributed by atoms with Crippen molar-refractivity contribution in [2.24, 2.45) is 5.41 Å². The Bertz CT molecular complexity index is 1770. The Labute approximate surface area is 240 Å². The van der Waals surface area contributed by atoms with Gasteiger partial charge in [0, 0.05) is 42.4 Å². The van der Waals surface area contributed by atoms with Gasteiger partial charge < -0.3 is 10.2 Å². The number of nitrogens with one attached hydrogen (secondary N) is 2. The van der Waals surface area contributed by atoms with Crippen molar-refractivity contribution < 1.29 is 22.0 Å². The fourth-order valence-corrected chi connectivity index (χ4v) is 5.81. The van der Waals surface area contributed by atoms with Crippen molar-refractivity contribution in [1.82, 2.24) is 24.8 Å². The zero-order valence-corrected chi connectivity index (χ0v) is 23.9. The van der Waals surface area contributed by atoms with Crippen molar-refractivity contribution in [3.63, 3.8) is 0 Å². The average molecular weight is 602 g/mol. The minimum Gasteiger partial charge on any atom is -0.364 e. The van der Waals surface area contributed by atoms with Gasteiger partial charge in [-0.1, -0.05) is 32.4 Å². The lowest BCUT2D eigenvalue weighted by atomic mass is 9.95. The molecule has 5 rings (SSSR count). The summed E-state index contributed by atoms with van der Waals surface area (Å²) in [5.74, 6) is -1.59. The molecule has 0 radical (unpaired) electrons. The van der Waals surface area contributed by atoms with Crippen LogP contribution in [0, 0.1) is 17.0 Å². The summed E-state index contributed by atoms with van der Waals surface area (Å²) >= 11 is 6.15. The normalized spacial score (nSPS) is 15.8. The number of fused-ring (bicyclic) bond motifs is 1. The molecule has 1 fully saturated rings. The van der Waals surface area contributed by atoms with Crippen LogP contribution in [0.2, 0.25) is 5.15 Å². The van der Waals surface area contributed by atoms with Gasteiger partial charge in [0.15, 0.2) is 11.0 Å². The monoisotopic (exact) mass is 601 g/mol. The first-order chi connectivity index (χ1) is 19.3. The number of nitrogens with zero attached hydrogens (tertiary/aromatic N) is 5. The second kappa shape index (κ2) is 10.8. The van der Waals surface area contributed by atoms with Crippen LogP contribution in [0.1, 0.15) is 27.2 Å². The van der Waals surface area contributed by atoms with Crippen molar-refractivity contribution in [3.8, 4) is 11.3 Å². The van der Waals surface area contributed by atoms with Crippen LogP contribution in [0.5, 0.6) is 0 Å². The third-order valence-electron chi connectivity index (χ3n) is 6.50. The highest BCUT2D eigenvalue weighted by Gasteiger charge is 2.33. The largest absolute Gasteiger partial charge is 0.364 e. The van der Waals surface area contributed by atoms with Gasteiger partial charge in [-0.05, 0) is 36.8 Å². The molecule has 0 bridgehead atoms. The van der Waals surface area contributed by atoms with Crippen LogP contribution in [0.3, 0.4) is 0 Å². The highest BCUT2D eigenvalue weighted by Crippen LogP contribution is 2.31. The predicted octanol–water partition coefficient (Wildman–Crippen LogP) is 4.88. The number of rotatable bonds is 6. The molecule has 4 aromatic rings. The summed E-state index contributed by atoms with van der Waals surface area (Å²) in [5.41, 5.74) is 1.28. The van der Waals surface area contributed by atoms with Gasteiger partial charge in [-0.3, -0.25) is 9.52 Å². The lowest BCUT2D eigenvalue weighted by molar-refractivity contribution is -0.138. The van der Waals surface area contributed by atoms with Crippen LogP contribution in [0.4, 0.5) is 20.3 Å². The molecule has 1 aliphatic rings. The predicted molar refractivity (Wildman–Crippen MR) is 151 cm³/mol. The number of anilines is 2. The lowest BCUT2D eigenvalue weighted by Crippen LogP contribution is -2.39. The van der Waals surface area contributed by atoms with E-state index in [9.17, 15) is 22.0 Å². The highest BCUT2D eigenvalue weighted by molar-refractivity contribution is 7.92. The maximum Gasteiger partial charge on any atom is 0.264 e. The van der Waals surface area contributed by atoms with E-state index >= 15 is 0 Å². The molecule has 0 unspecified atom stereocenters. The van der Waals surface area contributed by atoms with Gasteiger partial charge in [0.05, 0.1) is 16.9 Å². The number of pyridine rings is 2. The maximum absolute atomic E-state index is 14.2.